The summed E-state index contributed by atoms with van der Waals surface area (Å²) in [5.74, 6) is -0.813. The van der Waals surface area contributed by atoms with Crippen LogP contribution in [-0.2, 0) is 28.5 Å². The largest absolute Gasteiger partial charge is 0.462 e. The highest BCUT2D eigenvalue weighted by molar-refractivity contribution is 5.70. The standard InChI is InChI=1S/C49H90O10/c1-3-5-7-9-11-13-15-17-19-20-21-22-23-24-26-27-29-31-33-35-37-44(51)56-40-42(41-57-49-48(55)47(54)46(53)43(39-50)59-49)58-45(52)38-36-34-32-30-28-25-18-16-14-12-10-8-6-4-2/h10,12,16,18,42-43,46-50,53-55H,3-9,11,13-15,17,19-41H2,1-2H3/b12-10+,18-16+/t42-,43-,46+,47?,48?,49-/m0/s1. The van der Waals surface area contributed by atoms with Gasteiger partial charge in [-0.3, -0.25) is 9.59 Å². The Labute approximate surface area is 360 Å². The molecular formula is C49H90O10. The molecule has 4 N–H and O–H groups in total. The van der Waals surface area contributed by atoms with Crippen molar-refractivity contribution in [1.29, 1.82) is 0 Å². The number of hydrogen-bond donors (Lipinski definition) is 4. The summed E-state index contributed by atoms with van der Waals surface area (Å²) in [5.41, 5.74) is 0. The van der Waals surface area contributed by atoms with Crippen molar-refractivity contribution in [2.75, 3.05) is 19.8 Å². The van der Waals surface area contributed by atoms with Crippen LogP contribution in [0.3, 0.4) is 0 Å². The summed E-state index contributed by atoms with van der Waals surface area (Å²) in [7, 11) is 0. The second-order valence-corrected chi connectivity index (χ2v) is 16.9. The summed E-state index contributed by atoms with van der Waals surface area (Å²) in [6.45, 7) is 3.39. The van der Waals surface area contributed by atoms with Gasteiger partial charge >= 0.3 is 11.9 Å². The van der Waals surface area contributed by atoms with Crippen LogP contribution in [0.25, 0.3) is 0 Å². The average molecular weight is 839 g/mol. The van der Waals surface area contributed by atoms with Crippen LogP contribution in [0.15, 0.2) is 24.3 Å². The Morgan fingerprint density at radius 2 is 0.966 bits per heavy atom. The van der Waals surface area contributed by atoms with Crippen LogP contribution in [0.5, 0.6) is 0 Å². The highest BCUT2D eigenvalue weighted by Gasteiger charge is 2.44. The quantitative estimate of drug-likeness (QED) is 0.0266. The third kappa shape index (κ3) is 31.7. The van der Waals surface area contributed by atoms with E-state index < -0.39 is 49.4 Å². The van der Waals surface area contributed by atoms with E-state index in [2.05, 4.69) is 38.2 Å². The van der Waals surface area contributed by atoms with Crippen LogP contribution in [0.2, 0.25) is 0 Å². The van der Waals surface area contributed by atoms with Crippen LogP contribution in [-0.4, -0.2) is 89.0 Å². The van der Waals surface area contributed by atoms with Gasteiger partial charge in [0.15, 0.2) is 12.4 Å². The lowest BCUT2D eigenvalue weighted by Gasteiger charge is -2.39. The SMILES string of the molecule is CCCC/C=C/C/C=C/CCCCCCCC(=O)O[C@@H](COC(=O)CCCCCCCCCCCCCCCCCCCCCC)CO[C@H]1O[C@@H](CO)[C@@H](O)C(O)C1O. The zero-order valence-corrected chi connectivity index (χ0v) is 37.8. The molecule has 0 radical (unpaired) electrons. The lowest BCUT2D eigenvalue weighted by molar-refractivity contribution is -0.305. The van der Waals surface area contributed by atoms with E-state index in [9.17, 15) is 30.0 Å². The van der Waals surface area contributed by atoms with Crippen LogP contribution >= 0.6 is 0 Å². The lowest BCUT2D eigenvalue weighted by atomic mass is 9.99. The maximum absolute atomic E-state index is 12.8. The monoisotopic (exact) mass is 839 g/mol. The third-order valence-electron chi connectivity index (χ3n) is 11.3. The highest BCUT2D eigenvalue weighted by atomic mass is 16.7. The summed E-state index contributed by atoms with van der Waals surface area (Å²) >= 11 is 0. The van der Waals surface area contributed by atoms with Crippen molar-refractivity contribution >= 4 is 11.9 Å². The zero-order valence-electron chi connectivity index (χ0n) is 37.8. The van der Waals surface area contributed by atoms with Crippen molar-refractivity contribution in [1.82, 2.24) is 0 Å². The second-order valence-electron chi connectivity index (χ2n) is 16.9. The number of aliphatic hydroxyl groups is 4. The molecule has 346 valence electrons. The van der Waals surface area contributed by atoms with Crippen molar-refractivity contribution in [3.63, 3.8) is 0 Å². The van der Waals surface area contributed by atoms with Crippen molar-refractivity contribution < 1.29 is 49.0 Å². The van der Waals surface area contributed by atoms with Gasteiger partial charge in [0.05, 0.1) is 13.2 Å². The van der Waals surface area contributed by atoms with Crippen LogP contribution in [0.1, 0.15) is 219 Å². The molecule has 0 aromatic rings. The normalized spacial score (nSPS) is 20.1. The molecule has 0 bridgehead atoms. The van der Waals surface area contributed by atoms with Gasteiger partial charge in [0.1, 0.15) is 31.0 Å². The number of aliphatic hydroxyl groups excluding tert-OH is 4. The number of ether oxygens (including phenoxy) is 4. The number of carbonyl (C=O) groups excluding carboxylic acids is 2. The first-order chi connectivity index (χ1) is 28.8. The van der Waals surface area contributed by atoms with E-state index in [1.807, 2.05) is 0 Å². The predicted molar refractivity (Wildman–Crippen MR) is 238 cm³/mol. The molecule has 59 heavy (non-hydrogen) atoms. The Kier molecular flexibility index (Phi) is 37.7. The van der Waals surface area contributed by atoms with Gasteiger partial charge in [0, 0.05) is 12.8 Å². The highest BCUT2D eigenvalue weighted by Crippen LogP contribution is 2.23. The summed E-state index contributed by atoms with van der Waals surface area (Å²) in [6.07, 6.45) is 37.6. The van der Waals surface area contributed by atoms with E-state index in [0.717, 1.165) is 64.2 Å². The Morgan fingerprint density at radius 3 is 1.46 bits per heavy atom. The molecule has 10 nitrogen and oxygen atoms in total. The van der Waals surface area contributed by atoms with Crippen molar-refractivity contribution in [3.05, 3.63) is 24.3 Å². The van der Waals surface area contributed by atoms with Crippen LogP contribution < -0.4 is 0 Å². The molecule has 0 aromatic heterocycles. The van der Waals surface area contributed by atoms with E-state index in [1.165, 1.54) is 122 Å². The summed E-state index contributed by atoms with van der Waals surface area (Å²) in [5, 5.41) is 40.1. The first-order valence-electron chi connectivity index (χ1n) is 24.4. The number of unbranched alkanes of at least 4 members (excludes halogenated alkanes) is 26. The van der Waals surface area contributed by atoms with Gasteiger partial charge in [0.2, 0.25) is 0 Å². The summed E-state index contributed by atoms with van der Waals surface area (Å²) < 4.78 is 22.2. The van der Waals surface area contributed by atoms with Gasteiger partial charge in [-0.2, -0.15) is 0 Å². The molecule has 1 aliphatic heterocycles. The molecule has 1 fully saturated rings. The van der Waals surface area contributed by atoms with E-state index in [-0.39, 0.29) is 32.0 Å². The fourth-order valence-corrected chi connectivity index (χ4v) is 7.44. The molecular weight excluding hydrogens is 749 g/mol. The summed E-state index contributed by atoms with van der Waals surface area (Å²) in [6, 6.07) is 0. The Morgan fingerprint density at radius 1 is 0.525 bits per heavy atom. The number of hydrogen-bond acceptors (Lipinski definition) is 10. The van der Waals surface area contributed by atoms with Gasteiger partial charge in [-0.1, -0.05) is 192 Å². The smallest absolute Gasteiger partial charge is 0.306 e. The van der Waals surface area contributed by atoms with E-state index in [1.54, 1.807) is 0 Å². The molecule has 6 atom stereocenters. The molecule has 2 unspecified atom stereocenters. The fourth-order valence-electron chi connectivity index (χ4n) is 7.44. The molecule has 0 amide bonds. The van der Waals surface area contributed by atoms with Crippen molar-refractivity contribution in [3.8, 4) is 0 Å². The Hall–Kier alpha value is -1.82. The van der Waals surface area contributed by atoms with E-state index in [4.69, 9.17) is 18.9 Å². The first kappa shape index (κ1) is 55.2. The van der Waals surface area contributed by atoms with Crippen LogP contribution in [0, 0.1) is 0 Å². The number of esters is 2. The van der Waals surface area contributed by atoms with Gasteiger partial charge in [-0.25, -0.2) is 0 Å². The summed E-state index contributed by atoms with van der Waals surface area (Å²) in [4.78, 5) is 25.4. The maximum Gasteiger partial charge on any atom is 0.306 e. The topological polar surface area (TPSA) is 152 Å². The van der Waals surface area contributed by atoms with Gasteiger partial charge in [0.25, 0.3) is 0 Å². The zero-order chi connectivity index (χ0) is 43.0. The lowest BCUT2D eigenvalue weighted by Crippen LogP contribution is -2.59. The molecule has 1 saturated heterocycles. The third-order valence-corrected chi connectivity index (χ3v) is 11.3. The molecule has 0 saturated carbocycles. The molecule has 0 aromatic carbocycles. The molecule has 1 heterocycles. The van der Waals surface area contributed by atoms with E-state index in [0.29, 0.717) is 6.42 Å². The number of allylic oxidation sites excluding steroid dienone is 4. The van der Waals surface area contributed by atoms with Gasteiger partial charge in [-0.05, 0) is 38.5 Å². The molecule has 0 spiro atoms. The van der Waals surface area contributed by atoms with Crippen molar-refractivity contribution in [2.24, 2.45) is 0 Å². The Balaban J connectivity index is 2.26. The Bertz CT molecular complexity index is 1020. The first-order valence-corrected chi connectivity index (χ1v) is 24.4. The van der Waals surface area contributed by atoms with Crippen LogP contribution in [0.4, 0.5) is 0 Å². The minimum atomic E-state index is -1.60. The number of rotatable bonds is 41. The van der Waals surface area contributed by atoms with Gasteiger partial charge < -0.3 is 39.4 Å². The number of carbonyl (C=O) groups is 2. The molecule has 0 aliphatic carbocycles. The maximum atomic E-state index is 12.8. The van der Waals surface area contributed by atoms with Gasteiger partial charge in [-0.15, -0.1) is 0 Å². The van der Waals surface area contributed by atoms with E-state index >= 15 is 0 Å². The predicted octanol–water partition coefficient (Wildman–Crippen LogP) is 10.9. The van der Waals surface area contributed by atoms with Crippen molar-refractivity contribution in [2.45, 2.75) is 256 Å². The molecule has 1 rings (SSSR count). The molecule has 1 aliphatic rings. The fraction of sp³-hybridized carbons (Fsp3) is 0.878. The minimum absolute atomic E-state index is 0.216. The minimum Gasteiger partial charge on any atom is -0.462 e. The average Bonchev–Trinajstić information content (AvgIpc) is 3.23. The second kappa shape index (κ2) is 40.3. The molecule has 10 heteroatoms.